The molecular formula is C17H17BrClNO. The average Bonchev–Trinajstić information content (AvgIpc) is 2.42. The predicted octanol–water partition coefficient (Wildman–Crippen LogP) is 5.65. The van der Waals surface area contributed by atoms with Crippen molar-refractivity contribution in [2.24, 2.45) is 0 Å². The first kappa shape index (κ1) is 16.1. The second-order valence-electron chi connectivity index (χ2n) is 5.91. The number of halogens is 2. The highest BCUT2D eigenvalue weighted by Crippen LogP contribution is 2.27. The molecule has 21 heavy (non-hydrogen) atoms. The van der Waals surface area contributed by atoms with Crippen molar-refractivity contribution < 1.29 is 4.79 Å². The van der Waals surface area contributed by atoms with Crippen LogP contribution in [0.5, 0.6) is 0 Å². The average molecular weight is 367 g/mol. The number of amides is 1. The zero-order valence-corrected chi connectivity index (χ0v) is 14.5. The van der Waals surface area contributed by atoms with Gasteiger partial charge in [0.15, 0.2) is 0 Å². The van der Waals surface area contributed by atoms with Crippen molar-refractivity contribution in [3.63, 3.8) is 0 Å². The highest BCUT2D eigenvalue weighted by molar-refractivity contribution is 9.10. The summed E-state index contributed by atoms with van der Waals surface area (Å²) in [5, 5.41) is 3.34. The molecule has 0 bridgehead atoms. The van der Waals surface area contributed by atoms with E-state index in [1.807, 2.05) is 30.3 Å². The van der Waals surface area contributed by atoms with Crippen LogP contribution in [-0.4, -0.2) is 5.91 Å². The molecule has 0 saturated heterocycles. The molecule has 1 N–H and O–H groups in total. The Bertz CT molecular complexity index is 659. The van der Waals surface area contributed by atoms with E-state index in [1.165, 1.54) is 5.56 Å². The van der Waals surface area contributed by atoms with Crippen molar-refractivity contribution >= 4 is 39.1 Å². The summed E-state index contributed by atoms with van der Waals surface area (Å²) in [6.07, 6.45) is 0. The van der Waals surface area contributed by atoms with Crippen LogP contribution in [0.3, 0.4) is 0 Å². The van der Waals surface area contributed by atoms with Crippen molar-refractivity contribution in [3.05, 3.63) is 63.1 Å². The van der Waals surface area contributed by atoms with Crippen LogP contribution in [0.25, 0.3) is 0 Å². The van der Waals surface area contributed by atoms with Crippen molar-refractivity contribution in [1.29, 1.82) is 0 Å². The largest absolute Gasteiger partial charge is 0.321 e. The van der Waals surface area contributed by atoms with E-state index in [0.717, 1.165) is 4.47 Å². The Labute approximate surface area is 138 Å². The van der Waals surface area contributed by atoms with Crippen molar-refractivity contribution in [1.82, 2.24) is 0 Å². The first-order valence-electron chi connectivity index (χ1n) is 6.64. The van der Waals surface area contributed by atoms with Gasteiger partial charge in [0.05, 0.1) is 10.7 Å². The molecule has 0 atom stereocenters. The number of hydrogen-bond donors (Lipinski definition) is 1. The van der Waals surface area contributed by atoms with Gasteiger partial charge < -0.3 is 5.32 Å². The van der Waals surface area contributed by atoms with Crippen LogP contribution in [-0.2, 0) is 5.41 Å². The maximum Gasteiger partial charge on any atom is 0.255 e. The van der Waals surface area contributed by atoms with Crippen molar-refractivity contribution in [2.45, 2.75) is 26.2 Å². The SMILES string of the molecule is CC(C)(C)c1ccc(C(=O)Nc2cc(Br)ccc2Cl)cc1. The van der Waals surface area contributed by atoms with Gasteiger partial charge in [-0.05, 0) is 41.3 Å². The van der Waals surface area contributed by atoms with Gasteiger partial charge in [0.1, 0.15) is 0 Å². The molecule has 4 heteroatoms. The van der Waals surface area contributed by atoms with E-state index in [-0.39, 0.29) is 11.3 Å². The summed E-state index contributed by atoms with van der Waals surface area (Å²) in [6.45, 7) is 6.43. The van der Waals surface area contributed by atoms with Gasteiger partial charge in [-0.1, -0.05) is 60.4 Å². The second-order valence-corrected chi connectivity index (χ2v) is 7.23. The normalized spacial score (nSPS) is 11.3. The summed E-state index contributed by atoms with van der Waals surface area (Å²) in [6, 6.07) is 13.0. The molecule has 0 aliphatic heterocycles. The molecule has 2 aromatic rings. The monoisotopic (exact) mass is 365 g/mol. The Balaban J connectivity index is 2.19. The quantitative estimate of drug-likeness (QED) is 0.731. The number of carbonyl (C=O) groups excluding carboxylic acids is 1. The van der Waals surface area contributed by atoms with E-state index in [2.05, 4.69) is 42.0 Å². The van der Waals surface area contributed by atoms with E-state index in [0.29, 0.717) is 16.3 Å². The highest BCUT2D eigenvalue weighted by atomic mass is 79.9. The van der Waals surface area contributed by atoms with Crippen LogP contribution >= 0.6 is 27.5 Å². The van der Waals surface area contributed by atoms with Gasteiger partial charge in [-0.25, -0.2) is 0 Å². The fraction of sp³-hybridized carbons (Fsp3) is 0.235. The van der Waals surface area contributed by atoms with Crippen LogP contribution in [0, 0.1) is 0 Å². The topological polar surface area (TPSA) is 29.1 Å². The fourth-order valence-electron chi connectivity index (χ4n) is 1.91. The van der Waals surface area contributed by atoms with E-state index in [4.69, 9.17) is 11.6 Å². The van der Waals surface area contributed by atoms with E-state index < -0.39 is 0 Å². The Morgan fingerprint density at radius 1 is 1.10 bits per heavy atom. The minimum atomic E-state index is -0.171. The molecular weight excluding hydrogens is 350 g/mol. The molecule has 2 nitrogen and oxygen atoms in total. The summed E-state index contributed by atoms with van der Waals surface area (Å²) in [5.74, 6) is -0.171. The molecule has 110 valence electrons. The van der Waals surface area contributed by atoms with Gasteiger partial charge in [-0.3, -0.25) is 4.79 Å². The Morgan fingerprint density at radius 3 is 2.29 bits per heavy atom. The van der Waals surface area contributed by atoms with E-state index >= 15 is 0 Å². The number of nitrogens with one attached hydrogen (secondary N) is 1. The van der Waals surface area contributed by atoms with Gasteiger partial charge in [-0.15, -0.1) is 0 Å². The molecule has 0 aliphatic carbocycles. The predicted molar refractivity (Wildman–Crippen MR) is 92.2 cm³/mol. The molecule has 0 heterocycles. The number of anilines is 1. The third-order valence-corrected chi connectivity index (χ3v) is 4.01. The number of hydrogen-bond acceptors (Lipinski definition) is 1. The lowest BCUT2D eigenvalue weighted by Gasteiger charge is -2.19. The van der Waals surface area contributed by atoms with E-state index in [1.54, 1.807) is 12.1 Å². The number of carbonyl (C=O) groups is 1. The van der Waals surface area contributed by atoms with Crippen LogP contribution in [0.2, 0.25) is 5.02 Å². The third-order valence-electron chi connectivity index (χ3n) is 3.19. The highest BCUT2D eigenvalue weighted by Gasteiger charge is 2.14. The van der Waals surface area contributed by atoms with Gasteiger partial charge in [0, 0.05) is 10.0 Å². The first-order chi connectivity index (χ1) is 9.77. The molecule has 0 fully saturated rings. The molecule has 0 radical (unpaired) electrons. The van der Waals surface area contributed by atoms with Crippen LogP contribution in [0.4, 0.5) is 5.69 Å². The Hall–Kier alpha value is -1.32. The Morgan fingerprint density at radius 2 is 1.71 bits per heavy atom. The second kappa shape index (κ2) is 6.20. The number of rotatable bonds is 2. The lowest BCUT2D eigenvalue weighted by atomic mass is 9.87. The minimum absolute atomic E-state index is 0.0720. The number of benzene rings is 2. The minimum Gasteiger partial charge on any atom is -0.321 e. The lowest BCUT2D eigenvalue weighted by molar-refractivity contribution is 0.102. The summed E-state index contributed by atoms with van der Waals surface area (Å²) in [7, 11) is 0. The summed E-state index contributed by atoms with van der Waals surface area (Å²) >= 11 is 9.44. The maximum absolute atomic E-state index is 12.3. The van der Waals surface area contributed by atoms with Crippen LogP contribution in [0.1, 0.15) is 36.7 Å². The standard InChI is InChI=1S/C17H17BrClNO/c1-17(2,3)12-6-4-11(5-7-12)16(21)20-15-10-13(18)8-9-14(15)19/h4-10H,1-3H3,(H,20,21). The van der Waals surface area contributed by atoms with E-state index in [9.17, 15) is 4.79 Å². The zero-order valence-electron chi connectivity index (χ0n) is 12.2. The fourth-order valence-corrected chi connectivity index (χ4v) is 2.44. The molecule has 1 amide bonds. The Kier molecular flexibility index (Phi) is 4.74. The smallest absolute Gasteiger partial charge is 0.255 e. The first-order valence-corrected chi connectivity index (χ1v) is 7.81. The molecule has 0 aliphatic rings. The zero-order chi connectivity index (χ0) is 15.6. The summed E-state index contributed by atoms with van der Waals surface area (Å²) in [5.41, 5.74) is 2.47. The molecule has 2 aromatic carbocycles. The van der Waals surface area contributed by atoms with Gasteiger partial charge in [0.25, 0.3) is 5.91 Å². The molecule has 2 rings (SSSR count). The molecule has 0 unspecified atom stereocenters. The molecule has 0 spiro atoms. The lowest BCUT2D eigenvalue weighted by Crippen LogP contribution is -2.14. The molecule has 0 saturated carbocycles. The van der Waals surface area contributed by atoms with Gasteiger partial charge in [-0.2, -0.15) is 0 Å². The third kappa shape index (κ3) is 4.08. The van der Waals surface area contributed by atoms with Crippen LogP contribution < -0.4 is 5.32 Å². The summed E-state index contributed by atoms with van der Waals surface area (Å²) in [4.78, 5) is 12.3. The molecule has 0 aromatic heterocycles. The maximum atomic E-state index is 12.3. The van der Waals surface area contributed by atoms with Crippen molar-refractivity contribution in [3.8, 4) is 0 Å². The van der Waals surface area contributed by atoms with Crippen molar-refractivity contribution in [2.75, 3.05) is 5.32 Å². The summed E-state index contributed by atoms with van der Waals surface area (Å²) < 4.78 is 0.866. The van der Waals surface area contributed by atoms with Crippen LogP contribution in [0.15, 0.2) is 46.9 Å². The van der Waals surface area contributed by atoms with Gasteiger partial charge in [0.2, 0.25) is 0 Å². The van der Waals surface area contributed by atoms with Gasteiger partial charge >= 0.3 is 0 Å².